The van der Waals surface area contributed by atoms with Crippen LogP contribution in [0.5, 0.6) is 0 Å². The summed E-state index contributed by atoms with van der Waals surface area (Å²) in [6, 6.07) is 10.6. The Labute approximate surface area is 134 Å². The minimum atomic E-state index is -0.428. The number of benzene rings is 1. The molecule has 2 rings (SSSR count). The highest BCUT2D eigenvalue weighted by Gasteiger charge is 2.22. The highest BCUT2D eigenvalue weighted by Crippen LogP contribution is 2.20. The fourth-order valence-electron chi connectivity index (χ4n) is 2.08. The van der Waals surface area contributed by atoms with Gasteiger partial charge in [0.2, 0.25) is 5.91 Å². The van der Waals surface area contributed by atoms with Crippen LogP contribution in [0.15, 0.2) is 42.6 Å². The zero-order valence-electron chi connectivity index (χ0n) is 13.1. The number of hydrogen-bond donors (Lipinski definition) is 2. The van der Waals surface area contributed by atoms with Gasteiger partial charge >= 0.3 is 5.97 Å². The number of carbonyl (C=O) groups is 2. The first-order chi connectivity index (χ1) is 11.0. The average Bonchev–Trinajstić information content (AvgIpc) is 3.00. The van der Waals surface area contributed by atoms with E-state index in [0.29, 0.717) is 5.82 Å². The van der Waals surface area contributed by atoms with Gasteiger partial charge in [-0.1, -0.05) is 37.3 Å². The van der Waals surface area contributed by atoms with Crippen LogP contribution in [0.25, 0.3) is 0 Å². The zero-order valence-corrected chi connectivity index (χ0v) is 13.1. The van der Waals surface area contributed by atoms with Gasteiger partial charge in [0.05, 0.1) is 13.0 Å². The standard InChI is InChI=1S/C16H20N4O3/c1-11(15(17)12-6-4-3-5-7-12)16(22)18-13-8-9-20(19-13)10-14(21)23-2/h3-9,11,15H,10,17H2,1-2H3,(H,18,19,22). The summed E-state index contributed by atoms with van der Waals surface area (Å²) in [6.45, 7) is 1.75. The third-order valence-electron chi connectivity index (χ3n) is 3.55. The monoisotopic (exact) mass is 316 g/mol. The Morgan fingerprint density at radius 2 is 2.00 bits per heavy atom. The number of hydrogen-bond acceptors (Lipinski definition) is 5. The quantitative estimate of drug-likeness (QED) is 0.783. The van der Waals surface area contributed by atoms with E-state index in [9.17, 15) is 9.59 Å². The molecule has 1 aromatic carbocycles. The number of nitrogens with one attached hydrogen (secondary N) is 1. The first kappa shape index (κ1) is 16.7. The second-order valence-corrected chi connectivity index (χ2v) is 5.19. The van der Waals surface area contributed by atoms with Crippen LogP contribution >= 0.6 is 0 Å². The van der Waals surface area contributed by atoms with E-state index >= 15 is 0 Å². The van der Waals surface area contributed by atoms with E-state index in [1.54, 1.807) is 19.2 Å². The summed E-state index contributed by atoms with van der Waals surface area (Å²) in [5, 5.41) is 6.80. The van der Waals surface area contributed by atoms with Gasteiger partial charge in [-0.2, -0.15) is 5.10 Å². The molecule has 1 amide bonds. The first-order valence-corrected chi connectivity index (χ1v) is 7.23. The van der Waals surface area contributed by atoms with Crippen molar-refractivity contribution in [1.82, 2.24) is 9.78 Å². The second-order valence-electron chi connectivity index (χ2n) is 5.19. The van der Waals surface area contributed by atoms with Crippen molar-refractivity contribution in [2.75, 3.05) is 12.4 Å². The molecule has 2 unspecified atom stereocenters. The van der Waals surface area contributed by atoms with Gasteiger partial charge in [-0.15, -0.1) is 0 Å². The Bertz CT molecular complexity index is 669. The molecule has 122 valence electrons. The van der Waals surface area contributed by atoms with Crippen molar-refractivity contribution in [2.45, 2.75) is 19.5 Å². The van der Waals surface area contributed by atoms with Gasteiger partial charge in [0.1, 0.15) is 6.54 Å². The van der Waals surface area contributed by atoms with Crippen LogP contribution in [-0.2, 0) is 20.9 Å². The predicted octanol–water partition coefficient (Wildman–Crippen LogP) is 1.33. The summed E-state index contributed by atoms with van der Waals surface area (Å²) in [5.74, 6) is -0.704. The van der Waals surface area contributed by atoms with Crippen molar-refractivity contribution >= 4 is 17.7 Å². The van der Waals surface area contributed by atoms with E-state index in [-0.39, 0.29) is 12.5 Å². The van der Waals surface area contributed by atoms with Crippen molar-refractivity contribution in [2.24, 2.45) is 11.7 Å². The maximum Gasteiger partial charge on any atom is 0.327 e. The number of nitrogens with two attached hydrogens (primary N) is 1. The Morgan fingerprint density at radius 3 is 2.65 bits per heavy atom. The molecule has 23 heavy (non-hydrogen) atoms. The van der Waals surface area contributed by atoms with Crippen molar-refractivity contribution in [3.63, 3.8) is 0 Å². The van der Waals surface area contributed by atoms with Gasteiger partial charge in [0.25, 0.3) is 0 Å². The van der Waals surface area contributed by atoms with Crippen molar-refractivity contribution in [1.29, 1.82) is 0 Å². The van der Waals surface area contributed by atoms with Gasteiger partial charge in [-0.3, -0.25) is 14.3 Å². The maximum atomic E-state index is 12.3. The molecule has 7 heteroatoms. The summed E-state index contributed by atoms with van der Waals surface area (Å²) in [6.07, 6.45) is 1.59. The number of amides is 1. The van der Waals surface area contributed by atoms with Gasteiger partial charge in [0.15, 0.2) is 5.82 Å². The minimum absolute atomic E-state index is 0.00848. The fourth-order valence-corrected chi connectivity index (χ4v) is 2.08. The minimum Gasteiger partial charge on any atom is -0.468 e. The molecule has 0 aliphatic rings. The summed E-state index contributed by atoms with van der Waals surface area (Å²) in [7, 11) is 1.31. The van der Waals surface area contributed by atoms with Crippen LogP contribution in [0.3, 0.4) is 0 Å². The smallest absolute Gasteiger partial charge is 0.327 e. The molecule has 0 aliphatic carbocycles. The molecule has 0 bridgehead atoms. The van der Waals surface area contributed by atoms with E-state index in [1.165, 1.54) is 11.8 Å². The third-order valence-corrected chi connectivity index (χ3v) is 3.55. The SMILES string of the molecule is COC(=O)Cn1ccc(NC(=O)C(C)C(N)c2ccccc2)n1. The number of rotatable bonds is 6. The molecule has 1 aromatic heterocycles. The summed E-state index contributed by atoms with van der Waals surface area (Å²) in [5.41, 5.74) is 7.03. The number of aromatic nitrogens is 2. The third kappa shape index (κ3) is 4.40. The van der Waals surface area contributed by atoms with E-state index in [1.807, 2.05) is 30.3 Å². The van der Waals surface area contributed by atoms with Crippen molar-refractivity contribution in [3.8, 4) is 0 Å². The Kier molecular flexibility index (Phi) is 5.48. The largest absolute Gasteiger partial charge is 0.468 e. The first-order valence-electron chi connectivity index (χ1n) is 7.23. The molecule has 2 atom stereocenters. The maximum absolute atomic E-state index is 12.3. The lowest BCUT2D eigenvalue weighted by Gasteiger charge is -2.19. The molecule has 0 spiro atoms. The van der Waals surface area contributed by atoms with Crippen LogP contribution in [0.4, 0.5) is 5.82 Å². The number of ether oxygens (including phenoxy) is 1. The number of nitrogens with zero attached hydrogens (tertiary/aromatic N) is 2. The van der Waals surface area contributed by atoms with E-state index in [2.05, 4.69) is 15.2 Å². The summed E-state index contributed by atoms with van der Waals surface area (Å²) < 4.78 is 5.95. The lowest BCUT2D eigenvalue weighted by molar-refractivity contribution is -0.141. The molecule has 1 heterocycles. The molecule has 7 nitrogen and oxygen atoms in total. The molecular weight excluding hydrogens is 296 g/mol. The van der Waals surface area contributed by atoms with Crippen LogP contribution in [0.2, 0.25) is 0 Å². The molecular formula is C16H20N4O3. The highest BCUT2D eigenvalue weighted by atomic mass is 16.5. The zero-order chi connectivity index (χ0) is 16.8. The normalized spacial score (nSPS) is 13.2. The van der Waals surface area contributed by atoms with Crippen LogP contribution in [0.1, 0.15) is 18.5 Å². The van der Waals surface area contributed by atoms with E-state index in [4.69, 9.17) is 5.73 Å². The Hall–Kier alpha value is -2.67. The molecule has 0 aliphatic heterocycles. The van der Waals surface area contributed by atoms with Gasteiger partial charge in [-0.05, 0) is 5.56 Å². The van der Waals surface area contributed by atoms with E-state index in [0.717, 1.165) is 5.56 Å². The summed E-state index contributed by atoms with van der Waals surface area (Å²) in [4.78, 5) is 23.5. The molecule has 2 aromatic rings. The Morgan fingerprint density at radius 1 is 1.30 bits per heavy atom. The topological polar surface area (TPSA) is 99.2 Å². The number of anilines is 1. The van der Waals surface area contributed by atoms with Crippen LogP contribution < -0.4 is 11.1 Å². The second kappa shape index (κ2) is 7.55. The van der Waals surface area contributed by atoms with Gasteiger partial charge in [-0.25, -0.2) is 0 Å². The number of esters is 1. The lowest BCUT2D eigenvalue weighted by Crippen LogP contribution is -2.30. The average molecular weight is 316 g/mol. The van der Waals surface area contributed by atoms with Crippen LogP contribution in [-0.4, -0.2) is 28.8 Å². The predicted molar refractivity (Wildman–Crippen MR) is 85.4 cm³/mol. The molecule has 0 fully saturated rings. The fraction of sp³-hybridized carbons (Fsp3) is 0.312. The van der Waals surface area contributed by atoms with E-state index < -0.39 is 17.9 Å². The molecule has 0 saturated heterocycles. The molecule has 0 radical (unpaired) electrons. The van der Waals surface area contributed by atoms with Crippen molar-refractivity contribution < 1.29 is 14.3 Å². The summed E-state index contributed by atoms with van der Waals surface area (Å²) >= 11 is 0. The Balaban J connectivity index is 1.97. The number of methoxy groups -OCH3 is 1. The molecule has 3 N–H and O–H groups in total. The highest BCUT2D eigenvalue weighted by molar-refractivity contribution is 5.92. The van der Waals surface area contributed by atoms with Crippen molar-refractivity contribution in [3.05, 3.63) is 48.2 Å². The van der Waals surface area contributed by atoms with Gasteiger partial charge in [0, 0.05) is 18.3 Å². The van der Waals surface area contributed by atoms with Crippen LogP contribution in [0, 0.1) is 5.92 Å². The lowest BCUT2D eigenvalue weighted by atomic mass is 9.95. The number of carbonyl (C=O) groups excluding carboxylic acids is 2. The van der Waals surface area contributed by atoms with Gasteiger partial charge < -0.3 is 15.8 Å². The molecule has 0 saturated carbocycles.